The molecule has 0 aliphatic rings. The second-order valence-electron chi connectivity index (χ2n) is 5.88. The number of rotatable bonds is 4. The minimum absolute atomic E-state index is 0.234. The Kier molecular flexibility index (Phi) is 10.1. The lowest BCUT2D eigenvalue weighted by molar-refractivity contribution is 0.0964. The molecule has 0 spiro atoms. The van der Waals surface area contributed by atoms with E-state index in [1.54, 1.807) is 13.1 Å². The van der Waals surface area contributed by atoms with Gasteiger partial charge in [-0.05, 0) is 19.1 Å². The summed E-state index contributed by atoms with van der Waals surface area (Å²) >= 11 is 0. The summed E-state index contributed by atoms with van der Waals surface area (Å²) in [5.41, 5.74) is 1.42. The minimum atomic E-state index is -3.17. The van der Waals surface area contributed by atoms with E-state index in [1.807, 2.05) is 107 Å². The number of hydrogen-bond donors (Lipinski definition) is 1. The fourth-order valence-electron chi connectivity index (χ4n) is 2.93. The van der Waals surface area contributed by atoms with Crippen molar-refractivity contribution in [3.05, 3.63) is 90.0 Å². The Labute approximate surface area is 175 Å². The van der Waals surface area contributed by atoms with Gasteiger partial charge < -0.3 is 9.88 Å². The maximum Gasteiger partial charge on any atom is 0.251 e. The molecule has 0 heterocycles. The molecule has 0 unspecified atom stereocenters. The fourth-order valence-corrected chi connectivity index (χ4v) is 5.87. The maximum absolute atomic E-state index is 14.4. The molecule has 1 amide bonds. The molecule has 0 aromatic heterocycles. The zero-order chi connectivity index (χ0) is 21.9. The van der Waals surface area contributed by atoms with Gasteiger partial charge in [-0.3, -0.25) is 4.79 Å². The largest absolute Gasteiger partial charge is 0.355 e. The molecule has 3 aromatic carbocycles. The summed E-state index contributed by atoms with van der Waals surface area (Å²) in [7, 11) is -1.58. The first kappa shape index (κ1) is 24.4. The second-order valence-corrected chi connectivity index (χ2v) is 8.61. The van der Waals surface area contributed by atoms with E-state index in [-0.39, 0.29) is 5.91 Å². The van der Waals surface area contributed by atoms with Gasteiger partial charge in [0.05, 0.1) is 5.56 Å². The summed E-state index contributed by atoms with van der Waals surface area (Å²) in [5, 5.41) is 4.67. The maximum atomic E-state index is 14.4. The van der Waals surface area contributed by atoms with Gasteiger partial charge in [0.2, 0.25) is 0 Å². The van der Waals surface area contributed by atoms with Gasteiger partial charge in [0.1, 0.15) is 0 Å². The SMILES string of the molecule is CC.CC.CNC(=O)c1ccc(C)cc1P(=O)(c1ccccc1)c1ccccc1. The van der Waals surface area contributed by atoms with Crippen molar-refractivity contribution < 1.29 is 9.36 Å². The van der Waals surface area contributed by atoms with Crippen LogP contribution in [0.5, 0.6) is 0 Å². The topological polar surface area (TPSA) is 46.2 Å². The molecule has 154 valence electrons. The van der Waals surface area contributed by atoms with E-state index in [0.29, 0.717) is 10.9 Å². The van der Waals surface area contributed by atoms with Gasteiger partial charge in [-0.2, -0.15) is 0 Å². The van der Waals surface area contributed by atoms with Gasteiger partial charge in [0, 0.05) is 23.0 Å². The number of aryl methyl sites for hydroxylation is 1. The third-order valence-electron chi connectivity index (χ3n) is 4.20. The summed E-state index contributed by atoms with van der Waals surface area (Å²) in [4.78, 5) is 12.4. The molecule has 0 fully saturated rings. The number of nitrogens with one attached hydrogen (secondary N) is 1. The van der Waals surface area contributed by atoms with Crippen LogP contribution in [-0.4, -0.2) is 13.0 Å². The first-order chi connectivity index (χ1) is 14.1. The lowest BCUT2D eigenvalue weighted by atomic mass is 10.1. The minimum Gasteiger partial charge on any atom is -0.355 e. The molecule has 3 aromatic rings. The molecule has 0 aliphatic heterocycles. The van der Waals surface area contributed by atoms with Crippen molar-refractivity contribution in [2.24, 2.45) is 0 Å². The lowest BCUT2D eigenvalue weighted by Crippen LogP contribution is -2.32. The Morgan fingerprint density at radius 3 is 1.62 bits per heavy atom. The van der Waals surface area contributed by atoms with Crippen LogP contribution in [0.4, 0.5) is 0 Å². The van der Waals surface area contributed by atoms with Crippen LogP contribution < -0.4 is 21.2 Å². The molecular formula is C25H32NO2P. The molecule has 0 saturated heterocycles. The average Bonchev–Trinajstić information content (AvgIpc) is 2.81. The molecule has 4 heteroatoms. The predicted molar refractivity (Wildman–Crippen MR) is 127 cm³/mol. The van der Waals surface area contributed by atoms with E-state index < -0.39 is 7.14 Å². The highest BCUT2D eigenvalue weighted by atomic mass is 31.2. The van der Waals surface area contributed by atoms with Crippen molar-refractivity contribution in [1.29, 1.82) is 0 Å². The zero-order valence-electron chi connectivity index (χ0n) is 18.3. The number of benzene rings is 3. The predicted octanol–water partition coefficient (Wildman–Crippen LogP) is 5.05. The van der Waals surface area contributed by atoms with Crippen LogP contribution >= 0.6 is 7.14 Å². The molecule has 0 aliphatic carbocycles. The van der Waals surface area contributed by atoms with E-state index in [9.17, 15) is 9.36 Å². The van der Waals surface area contributed by atoms with Crippen LogP contribution in [0.15, 0.2) is 78.9 Å². The first-order valence-corrected chi connectivity index (χ1v) is 11.8. The van der Waals surface area contributed by atoms with Crippen molar-refractivity contribution >= 4 is 29.0 Å². The van der Waals surface area contributed by atoms with Gasteiger partial charge in [-0.1, -0.05) is 100.0 Å². The van der Waals surface area contributed by atoms with Crippen molar-refractivity contribution in [1.82, 2.24) is 5.32 Å². The van der Waals surface area contributed by atoms with Gasteiger partial charge in [-0.25, -0.2) is 0 Å². The fraction of sp³-hybridized carbons (Fsp3) is 0.240. The summed E-state index contributed by atoms with van der Waals surface area (Å²) in [6.07, 6.45) is 0. The van der Waals surface area contributed by atoms with Crippen molar-refractivity contribution in [2.75, 3.05) is 7.05 Å². The highest BCUT2D eigenvalue weighted by Gasteiger charge is 2.33. The molecule has 0 atom stereocenters. The van der Waals surface area contributed by atoms with Gasteiger partial charge >= 0.3 is 0 Å². The van der Waals surface area contributed by atoms with Crippen LogP contribution in [0.1, 0.15) is 43.6 Å². The Morgan fingerprint density at radius 1 is 0.759 bits per heavy atom. The molecule has 0 radical (unpaired) electrons. The average molecular weight is 410 g/mol. The highest BCUT2D eigenvalue weighted by molar-refractivity contribution is 7.85. The van der Waals surface area contributed by atoms with Crippen LogP contribution in [0.3, 0.4) is 0 Å². The number of carbonyl (C=O) groups is 1. The second kappa shape index (κ2) is 12.0. The van der Waals surface area contributed by atoms with Crippen LogP contribution in [-0.2, 0) is 4.57 Å². The Hall–Kier alpha value is -2.64. The smallest absolute Gasteiger partial charge is 0.251 e. The van der Waals surface area contributed by atoms with Crippen LogP contribution in [0.2, 0.25) is 0 Å². The third-order valence-corrected chi connectivity index (χ3v) is 7.30. The Bertz CT molecular complexity index is 894. The van der Waals surface area contributed by atoms with E-state index in [4.69, 9.17) is 0 Å². The van der Waals surface area contributed by atoms with Crippen LogP contribution in [0.25, 0.3) is 0 Å². The normalized spacial score (nSPS) is 10.0. The van der Waals surface area contributed by atoms with Crippen molar-refractivity contribution in [2.45, 2.75) is 34.6 Å². The van der Waals surface area contributed by atoms with E-state index in [1.165, 1.54) is 0 Å². The van der Waals surface area contributed by atoms with Gasteiger partial charge in [0.15, 0.2) is 7.14 Å². The molecule has 0 saturated carbocycles. The Balaban J connectivity index is 0.000000989. The van der Waals surface area contributed by atoms with E-state index >= 15 is 0 Å². The standard InChI is InChI=1S/C21H20NO2P.2C2H6/c1-16-13-14-19(21(23)22-2)20(15-16)25(24,17-9-5-3-6-10-17)18-11-7-4-8-12-18;2*1-2/h3-15H,1-2H3,(H,22,23);2*1-2H3. The number of carbonyl (C=O) groups excluding carboxylic acids is 1. The molecule has 3 rings (SSSR count). The highest BCUT2D eigenvalue weighted by Crippen LogP contribution is 2.43. The summed E-state index contributed by atoms with van der Waals surface area (Å²) < 4.78 is 14.4. The summed E-state index contributed by atoms with van der Waals surface area (Å²) in [6.45, 7) is 9.94. The molecule has 1 N–H and O–H groups in total. The molecule has 0 bridgehead atoms. The quantitative estimate of drug-likeness (QED) is 0.613. The lowest BCUT2D eigenvalue weighted by Gasteiger charge is -2.22. The first-order valence-electron chi connectivity index (χ1n) is 10.1. The molecule has 29 heavy (non-hydrogen) atoms. The van der Waals surface area contributed by atoms with E-state index in [0.717, 1.165) is 16.2 Å². The van der Waals surface area contributed by atoms with E-state index in [2.05, 4.69) is 5.32 Å². The summed E-state index contributed by atoms with van der Waals surface area (Å²) in [5.74, 6) is -0.234. The van der Waals surface area contributed by atoms with Crippen molar-refractivity contribution in [3.8, 4) is 0 Å². The summed E-state index contributed by atoms with van der Waals surface area (Å²) in [6, 6.07) is 24.2. The van der Waals surface area contributed by atoms with Gasteiger partial charge in [0.25, 0.3) is 5.91 Å². The zero-order valence-corrected chi connectivity index (χ0v) is 19.2. The number of amides is 1. The monoisotopic (exact) mass is 409 g/mol. The van der Waals surface area contributed by atoms with Crippen LogP contribution in [0, 0.1) is 6.92 Å². The van der Waals surface area contributed by atoms with Crippen molar-refractivity contribution in [3.63, 3.8) is 0 Å². The molecular weight excluding hydrogens is 377 g/mol. The Morgan fingerprint density at radius 2 is 1.21 bits per heavy atom. The third kappa shape index (κ3) is 5.46. The molecule has 3 nitrogen and oxygen atoms in total. The number of hydrogen-bond acceptors (Lipinski definition) is 2. The van der Waals surface area contributed by atoms with Gasteiger partial charge in [-0.15, -0.1) is 0 Å².